The number of para-hydroxylation sites is 2. The highest BCUT2D eigenvalue weighted by atomic mass is 16.5. The van der Waals surface area contributed by atoms with Crippen molar-refractivity contribution in [2.75, 3.05) is 6.61 Å². The van der Waals surface area contributed by atoms with Gasteiger partial charge in [0.05, 0.1) is 17.3 Å². The molecule has 2 aromatic carbocycles. The predicted molar refractivity (Wildman–Crippen MR) is 89.1 cm³/mol. The van der Waals surface area contributed by atoms with Crippen LogP contribution in [0.5, 0.6) is 5.75 Å². The van der Waals surface area contributed by atoms with Crippen molar-refractivity contribution in [2.24, 2.45) is 9.98 Å². The molecule has 0 saturated carbocycles. The number of ether oxygens (including phenoxy) is 1. The number of aromatic hydroxyl groups is 1. The summed E-state index contributed by atoms with van der Waals surface area (Å²) in [6.45, 7) is 5.42. The van der Waals surface area contributed by atoms with Gasteiger partial charge in [0.25, 0.3) is 0 Å². The molecule has 1 N–H and O–H groups in total. The number of phenols is 1. The number of carbonyl (C=O) groups excluding carboxylic acids is 1. The Morgan fingerprint density at radius 1 is 1.21 bits per heavy atom. The number of esters is 1. The van der Waals surface area contributed by atoms with Crippen molar-refractivity contribution < 1.29 is 14.6 Å². The third kappa shape index (κ3) is 3.35. The summed E-state index contributed by atoms with van der Waals surface area (Å²) in [6, 6.07) is 12.9. The average Bonchev–Trinajstić information content (AvgIpc) is 3.00. The minimum Gasteiger partial charge on any atom is -0.508 e. The maximum atomic E-state index is 11.4. The van der Waals surface area contributed by atoms with Crippen LogP contribution in [0.25, 0.3) is 0 Å². The van der Waals surface area contributed by atoms with Crippen LogP contribution in [0.15, 0.2) is 64.6 Å². The van der Waals surface area contributed by atoms with Gasteiger partial charge in [0.1, 0.15) is 5.75 Å². The predicted octanol–water partition coefficient (Wildman–Crippen LogP) is 2.01. The Balaban J connectivity index is 1.77. The molecule has 24 heavy (non-hydrogen) atoms. The van der Waals surface area contributed by atoms with Crippen molar-refractivity contribution in [3.05, 3.63) is 76.5 Å². The molecule has 1 heterocycles. The molecular weight excluding hydrogens is 304 g/mol. The second-order valence-electron chi connectivity index (χ2n) is 5.68. The summed E-state index contributed by atoms with van der Waals surface area (Å²) < 4.78 is 5.11. The van der Waals surface area contributed by atoms with E-state index in [1.54, 1.807) is 19.1 Å². The molecule has 0 aliphatic carbocycles. The number of rotatable bonds is 5. The highest BCUT2D eigenvalue weighted by molar-refractivity contribution is 5.86. The van der Waals surface area contributed by atoms with E-state index in [2.05, 4.69) is 16.6 Å². The standard InChI is InChI=1S/C19H18N2O3/c1-12(2)19(23)24-10-9-13-7-8-17(22)14(11-13)18-20-15-5-3-4-6-16(15)21-18/h3-8,11,18,22H,1,9-10H2,2H3. The number of nitrogens with zero attached hydrogens (tertiary/aromatic N) is 2. The molecule has 0 amide bonds. The van der Waals surface area contributed by atoms with Crippen LogP contribution in [0.3, 0.4) is 0 Å². The van der Waals surface area contributed by atoms with Gasteiger partial charge in [-0.15, -0.1) is 0 Å². The Labute approximate surface area is 139 Å². The molecule has 5 nitrogen and oxygen atoms in total. The largest absolute Gasteiger partial charge is 0.508 e. The summed E-state index contributed by atoms with van der Waals surface area (Å²) in [7, 11) is 0. The van der Waals surface area contributed by atoms with Crippen LogP contribution in [0, 0.1) is 0 Å². The first-order chi connectivity index (χ1) is 11.5. The van der Waals surface area contributed by atoms with Gasteiger partial charge in [0, 0.05) is 17.6 Å². The van der Waals surface area contributed by atoms with E-state index in [0.29, 0.717) is 17.6 Å². The fourth-order valence-electron chi connectivity index (χ4n) is 2.47. The molecule has 1 aliphatic heterocycles. The van der Waals surface area contributed by atoms with E-state index in [4.69, 9.17) is 4.74 Å². The van der Waals surface area contributed by atoms with Crippen LogP contribution in [0.4, 0.5) is 0 Å². The van der Waals surface area contributed by atoms with Crippen LogP contribution >= 0.6 is 0 Å². The number of benzene rings is 2. The highest BCUT2D eigenvalue weighted by Crippen LogP contribution is 2.29. The van der Waals surface area contributed by atoms with Gasteiger partial charge in [-0.3, -0.25) is 9.98 Å². The van der Waals surface area contributed by atoms with Gasteiger partial charge in [-0.1, -0.05) is 24.8 Å². The van der Waals surface area contributed by atoms with Gasteiger partial charge in [0.2, 0.25) is 0 Å². The van der Waals surface area contributed by atoms with Crippen molar-refractivity contribution in [3.63, 3.8) is 0 Å². The molecule has 0 radical (unpaired) electrons. The van der Waals surface area contributed by atoms with E-state index in [1.165, 1.54) is 0 Å². The van der Waals surface area contributed by atoms with Gasteiger partial charge in [-0.05, 0) is 36.8 Å². The smallest absolute Gasteiger partial charge is 0.333 e. The molecule has 0 bridgehead atoms. The third-order valence-electron chi connectivity index (χ3n) is 3.75. The maximum Gasteiger partial charge on any atom is 0.333 e. The zero-order valence-corrected chi connectivity index (χ0v) is 13.4. The molecule has 5 heteroatoms. The fourth-order valence-corrected chi connectivity index (χ4v) is 2.47. The number of carbonyl (C=O) groups is 1. The number of phenolic OH excluding ortho intramolecular Hbond substituents is 1. The van der Waals surface area contributed by atoms with E-state index < -0.39 is 12.1 Å². The molecule has 122 valence electrons. The molecule has 0 saturated heterocycles. The van der Waals surface area contributed by atoms with Crippen LogP contribution in [-0.2, 0) is 16.0 Å². The quantitative estimate of drug-likeness (QED) is 0.676. The summed E-state index contributed by atoms with van der Waals surface area (Å²) in [5.41, 5.74) is 1.97. The van der Waals surface area contributed by atoms with E-state index in [-0.39, 0.29) is 12.4 Å². The van der Waals surface area contributed by atoms with Gasteiger partial charge in [-0.25, -0.2) is 4.79 Å². The summed E-state index contributed by atoms with van der Waals surface area (Å²) in [5, 5.41) is 11.8. The number of hydrogen-bond donors (Lipinski definition) is 1. The lowest BCUT2D eigenvalue weighted by Crippen LogP contribution is -2.19. The Hall–Kier alpha value is -2.95. The van der Waals surface area contributed by atoms with Gasteiger partial charge >= 0.3 is 5.97 Å². The van der Waals surface area contributed by atoms with Gasteiger partial charge in [0.15, 0.2) is 6.17 Å². The lowest BCUT2D eigenvalue weighted by atomic mass is 10.1. The normalized spacial score (nSPS) is 12.9. The molecular formula is C19H18N2O3. The third-order valence-corrected chi connectivity index (χ3v) is 3.75. The van der Waals surface area contributed by atoms with Crippen LogP contribution in [0.1, 0.15) is 24.2 Å². The fraction of sp³-hybridized carbons (Fsp3) is 0.211. The Kier molecular flexibility index (Phi) is 4.42. The van der Waals surface area contributed by atoms with Crippen molar-refractivity contribution in [1.29, 1.82) is 0 Å². The SMILES string of the molecule is C=C(C)C(=O)OCCc1ccc(O)c(C2N=c3ccccc3=N2)c1. The number of fused-ring (bicyclic) bond motifs is 1. The minimum absolute atomic E-state index is 0.156. The summed E-state index contributed by atoms with van der Waals surface area (Å²) in [6.07, 6.45) is 0.103. The van der Waals surface area contributed by atoms with Gasteiger partial charge in [-0.2, -0.15) is 0 Å². The van der Waals surface area contributed by atoms with Crippen LogP contribution in [0.2, 0.25) is 0 Å². The second-order valence-corrected chi connectivity index (χ2v) is 5.68. The van der Waals surface area contributed by atoms with Crippen molar-refractivity contribution in [3.8, 4) is 5.75 Å². The molecule has 0 atom stereocenters. The molecule has 3 rings (SSSR count). The monoisotopic (exact) mass is 322 g/mol. The van der Waals surface area contributed by atoms with E-state index in [0.717, 1.165) is 16.3 Å². The molecule has 1 aliphatic rings. The van der Waals surface area contributed by atoms with Crippen LogP contribution in [-0.4, -0.2) is 17.7 Å². The Morgan fingerprint density at radius 2 is 1.88 bits per heavy atom. The van der Waals surface area contributed by atoms with Gasteiger partial charge < -0.3 is 9.84 Å². The van der Waals surface area contributed by atoms with Crippen molar-refractivity contribution in [1.82, 2.24) is 0 Å². The summed E-state index contributed by atoms with van der Waals surface area (Å²) >= 11 is 0. The average molecular weight is 322 g/mol. The van der Waals surface area contributed by atoms with E-state index >= 15 is 0 Å². The summed E-state index contributed by atoms with van der Waals surface area (Å²) in [5.74, 6) is -0.242. The van der Waals surface area contributed by atoms with Crippen molar-refractivity contribution >= 4 is 5.97 Å². The van der Waals surface area contributed by atoms with Crippen molar-refractivity contribution in [2.45, 2.75) is 19.5 Å². The minimum atomic E-state index is -0.444. The first kappa shape index (κ1) is 15.9. The first-order valence-electron chi connectivity index (χ1n) is 7.70. The Morgan fingerprint density at radius 3 is 2.50 bits per heavy atom. The first-order valence-corrected chi connectivity index (χ1v) is 7.70. The topological polar surface area (TPSA) is 71.2 Å². The lowest BCUT2D eigenvalue weighted by Gasteiger charge is -2.10. The molecule has 2 aromatic rings. The molecule has 0 aromatic heterocycles. The zero-order chi connectivity index (χ0) is 17.1. The highest BCUT2D eigenvalue weighted by Gasteiger charge is 2.17. The number of hydrogen-bond acceptors (Lipinski definition) is 5. The van der Waals surface area contributed by atoms with E-state index in [1.807, 2.05) is 30.3 Å². The maximum absolute atomic E-state index is 11.4. The second kappa shape index (κ2) is 6.66. The summed E-state index contributed by atoms with van der Waals surface area (Å²) in [4.78, 5) is 20.5. The van der Waals surface area contributed by atoms with E-state index in [9.17, 15) is 9.90 Å². The Bertz CT molecular complexity index is 883. The lowest BCUT2D eigenvalue weighted by molar-refractivity contribution is -0.138. The molecule has 0 fully saturated rings. The molecule has 0 unspecified atom stereocenters. The van der Waals surface area contributed by atoms with Crippen LogP contribution < -0.4 is 10.7 Å². The zero-order valence-electron chi connectivity index (χ0n) is 13.4. The molecule has 0 spiro atoms.